The van der Waals surface area contributed by atoms with Crippen LogP contribution in [-0.2, 0) is 13.1 Å². The molecule has 2 nitrogen and oxygen atoms in total. The highest BCUT2D eigenvalue weighted by atomic mass is 19.1. The lowest BCUT2D eigenvalue weighted by Crippen LogP contribution is -2.02. The fourth-order valence-electron chi connectivity index (χ4n) is 2.56. The van der Waals surface area contributed by atoms with E-state index >= 15 is 0 Å². The van der Waals surface area contributed by atoms with Gasteiger partial charge < -0.3 is 10.3 Å². The van der Waals surface area contributed by atoms with Gasteiger partial charge in [-0.25, -0.2) is 4.39 Å². The zero-order chi connectivity index (χ0) is 14.1. The van der Waals surface area contributed by atoms with Crippen LogP contribution in [-0.4, -0.2) is 4.57 Å². The highest BCUT2D eigenvalue weighted by Crippen LogP contribution is 2.19. The standard InChI is InChI=1S/C17H17FN2/c1-12-2-3-15-4-5-20(17(15)6-12)11-14-7-13(10-19)8-16(18)9-14/h2-9H,10-11,19H2,1H3. The molecule has 0 aliphatic rings. The van der Waals surface area contributed by atoms with Crippen LogP contribution in [0.15, 0.2) is 48.7 Å². The number of halogens is 1. The molecule has 0 saturated carbocycles. The van der Waals surface area contributed by atoms with Crippen LogP contribution >= 0.6 is 0 Å². The lowest BCUT2D eigenvalue weighted by molar-refractivity contribution is 0.621. The average molecular weight is 268 g/mol. The van der Waals surface area contributed by atoms with Crippen LogP contribution in [0.5, 0.6) is 0 Å². The molecule has 2 aromatic carbocycles. The maximum absolute atomic E-state index is 13.6. The van der Waals surface area contributed by atoms with E-state index in [1.807, 2.05) is 12.3 Å². The number of nitrogens with zero attached hydrogens (tertiary/aromatic N) is 1. The maximum atomic E-state index is 13.6. The summed E-state index contributed by atoms with van der Waals surface area (Å²) in [5.41, 5.74) is 9.75. The fraction of sp³-hybridized carbons (Fsp3) is 0.176. The molecule has 3 heteroatoms. The van der Waals surface area contributed by atoms with Gasteiger partial charge in [0.05, 0.1) is 0 Å². The van der Waals surface area contributed by atoms with Crippen molar-refractivity contribution >= 4 is 10.9 Å². The largest absolute Gasteiger partial charge is 0.343 e. The van der Waals surface area contributed by atoms with E-state index in [9.17, 15) is 4.39 Å². The second kappa shape index (κ2) is 5.10. The van der Waals surface area contributed by atoms with Crippen LogP contribution in [0.2, 0.25) is 0 Å². The molecule has 3 aromatic rings. The van der Waals surface area contributed by atoms with E-state index in [1.165, 1.54) is 22.5 Å². The van der Waals surface area contributed by atoms with E-state index in [4.69, 9.17) is 5.73 Å². The van der Waals surface area contributed by atoms with Gasteiger partial charge in [-0.3, -0.25) is 0 Å². The number of rotatable bonds is 3. The number of aryl methyl sites for hydroxylation is 1. The van der Waals surface area contributed by atoms with Crippen molar-refractivity contribution in [3.05, 3.63) is 71.2 Å². The first-order valence-corrected chi connectivity index (χ1v) is 6.69. The molecule has 2 N–H and O–H groups in total. The predicted molar refractivity (Wildman–Crippen MR) is 80.1 cm³/mol. The second-order valence-electron chi connectivity index (χ2n) is 5.18. The number of nitrogens with two attached hydrogens (primary N) is 1. The first kappa shape index (κ1) is 12.9. The van der Waals surface area contributed by atoms with Gasteiger partial charge in [-0.1, -0.05) is 18.2 Å². The van der Waals surface area contributed by atoms with Gasteiger partial charge >= 0.3 is 0 Å². The van der Waals surface area contributed by atoms with E-state index < -0.39 is 0 Å². The summed E-state index contributed by atoms with van der Waals surface area (Å²) in [5, 5.41) is 1.20. The highest BCUT2D eigenvalue weighted by Gasteiger charge is 2.04. The summed E-state index contributed by atoms with van der Waals surface area (Å²) in [6.07, 6.45) is 2.04. The number of hydrogen-bond donors (Lipinski definition) is 1. The van der Waals surface area contributed by atoms with E-state index in [1.54, 1.807) is 6.07 Å². The summed E-state index contributed by atoms with van der Waals surface area (Å²) in [6, 6.07) is 13.5. The Morgan fingerprint density at radius 2 is 1.85 bits per heavy atom. The summed E-state index contributed by atoms with van der Waals surface area (Å²) in [7, 11) is 0. The van der Waals surface area contributed by atoms with E-state index in [0.717, 1.165) is 11.1 Å². The van der Waals surface area contributed by atoms with E-state index in [-0.39, 0.29) is 5.82 Å². The van der Waals surface area contributed by atoms with Crippen LogP contribution < -0.4 is 5.73 Å². The molecule has 20 heavy (non-hydrogen) atoms. The average Bonchev–Trinajstić information content (AvgIpc) is 2.80. The van der Waals surface area contributed by atoms with Gasteiger partial charge in [0.2, 0.25) is 0 Å². The van der Waals surface area contributed by atoms with Crippen molar-refractivity contribution in [1.29, 1.82) is 0 Å². The molecule has 0 bridgehead atoms. The fourth-order valence-corrected chi connectivity index (χ4v) is 2.56. The maximum Gasteiger partial charge on any atom is 0.123 e. The molecular formula is C17H17FN2. The van der Waals surface area contributed by atoms with Crippen molar-refractivity contribution < 1.29 is 4.39 Å². The molecule has 102 valence electrons. The SMILES string of the molecule is Cc1ccc2ccn(Cc3cc(F)cc(CN)c3)c2c1. The van der Waals surface area contributed by atoms with Crippen LogP contribution in [0.3, 0.4) is 0 Å². The Bertz CT molecular complexity index is 759. The zero-order valence-electron chi connectivity index (χ0n) is 11.4. The molecule has 0 spiro atoms. The number of benzene rings is 2. The second-order valence-corrected chi connectivity index (χ2v) is 5.18. The van der Waals surface area contributed by atoms with Crippen LogP contribution in [0.25, 0.3) is 10.9 Å². The lowest BCUT2D eigenvalue weighted by Gasteiger charge is -2.08. The molecule has 0 unspecified atom stereocenters. The van der Waals surface area contributed by atoms with Crippen molar-refractivity contribution in [2.75, 3.05) is 0 Å². The topological polar surface area (TPSA) is 30.9 Å². The Morgan fingerprint density at radius 3 is 2.65 bits per heavy atom. The van der Waals surface area contributed by atoms with Gasteiger partial charge in [0.15, 0.2) is 0 Å². The summed E-state index contributed by atoms with van der Waals surface area (Å²) in [4.78, 5) is 0. The minimum Gasteiger partial charge on any atom is -0.343 e. The molecular weight excluding hydrogens is 251 g/mol. The molecule has 3 rings (SSSR count). The molecule has 1 heterocycles. The Balaban J connectivity index is 2.00. The van der Waals surface area contributed by atoms with Gasteiger partial charge in [0.25, 0.3) is 0 Å². The Morgan fingerprint density at radius 1 is 1.05 bits per heavy atom. The van der Waals surface area contributed by atoms with Crippen LogP contribution in [0.4, 0.5) is 4.39 Å². The molecule has 0 atom stereocenters. The third-order valence-corrected chi connectivity index (χ3v) is 3.54. The monoisotopic (exact) mass is 268 g/mol. The van der Waals surface area contributed by atoms with Gasteiger partial charge in [0.1, 0.15) is 5.82 Å². The summed E-state index contributed by atoms with van der Waals surface area (Å²) in [5.74, 6) is -0.226. The predicted octanol–water partition coefficient (Wildman–Crippen LogP) is 3.60. The quantitative estimate of drug-likeness (QED) is 0.773. The molecule has 0 aliphatic carbocycles. The minimum atomic E-state index is -0.226. The molecule has 0 aliphatic heterocycles. The molecule has 0 radical (unpaired) electrons. The highest BCUT2D eigenvalue weighted by molar-refractivity contribution is 5.80. The lowest BCUT2D eigenvalue weighted by atomic mass is 10.1. The normalized spacial score (nSPS) is 11.2. The molecule has 1 aromatic heterocycles. The molecule has 0 fully saturated rings. The van der Waals surface area contributed by atoms with Crippen molar-refractivity contribution in [2.45, 2.75) is 20.0 Å². The molecule has 0 amide bonds. The van der Waals surface area contributed by atoms with Crippen LogP contribution in [0.1, 0.15) is 16.7 Å². The summed E-state index contributed by atoms with van der Waals surface area (Å²) < 4.78 is 15.7. The zero-order valence-corrected chi connectivity index (χ0v) is 11.4. The first-order valence-electron chi connectivity index (χ1n) is 6.69. The van der Waals surface area contributed by atoms with Gasteiger partial charge in [0, 0.05) is 24.8 Å². The van der Waals surface area contributed by atoms with Gasteiger partial charge in [-0.2, -0.15) is 0 Å². The number of hydrogen-bond acceptors (Lipinski definition) is 1. The van der Waals surface area contributed by atoms with Crippen molar-refractivity contribution in [3.63, 3.8) is 0 Å². The number of fused-ring (bicyclic) bond motifs is 1. The van der Waals surface area contributed by atoms with Crippen molar-refractivity contribution in [3.8, 4) is 0 Å². The Labute approximate surface area is 117 Å². The van der Waals surface area contributed by atoms with E-state index in [0.29, 0.717) is 13.1 Å². The number of aromatic nitrogens is 1. The molecule has 0 saturated heterocycles. The minimum absolute atomic E-state index is 0.226. The van der Waals surface area contributed by atoms with Crippen LogP contribution in [0, 0.1) is 12.7 Å². The third kappa shape index (κ3) is 2.45. The first-order chi connectivity index (χ1) is 9.65. The Hall–Kier alpha value is -2.13. The smallest absolute Gasteiger partial charge is 0.123 e. The van der Waals surface area contributed by atoms with Crippen molar-refractivity contribution in [2.24, 2.45) is 5.73 Å². The van der Waals surface area contributed by atoms with Crippen molar-refractivity contribution in [1.82, 2.24) is 4.57 Å². The van der Waals surface area contributed by atoms with Gasteiger partial charge in [-0.15, -0.1) is 0 Å². The van der Waals surface area contributed by atoms with E-state index in [2.05, 4.69) is 35.8 Å². The third-order valence-electron chi connectivity index (χ3n) is 3.54. The van der Waals surface area contributed by atoms with Gasteiger partial charge in [-0.05, 0) is 53.3 Å². The Kier molecular flexibility index (Phi) is 3.28. The summed E-state index contributed by atoms with van der Waals surface area (Å²) >= 11 is 0. The summed E-state index contributed by atoms with van der Waals surface area (Å²) in [6.45, 7) is 3.08.